The highest BCUT2D eigenvalue weighted by Gasteiger charge is 2.07. The van der Waals surface area contributed by atoms with Crippen molar-refractivity contribution in [1.82, 2.24) is 4.98 Å². The Morgan fingerprint density at radius 1 is 1.00 bits per heavy atom. The Bertz CT molecular complexity index is 517. The third-order valence-corrected chi connectivity index (χ3v) is 3.46. The van der Waals surface area contributed by atoms with Crippen LogP contribution in [0.5, 0.6) is 5.88 Å². The first-order valence-electron chi connectivity index (χ1n) is 4.77. The van der Waals surface area contributed by atoms with Gasteiger partial charge >= 0.3 is 0 Å². The third-order valence-electron chi connectivity index (χ3n) is 2.26. The minimum Gasteiger partial charge on any atom is -0.481 e. The van der Waals surface area contributed by atoms with Crippen LogP contribution in [-0.4, -0.2) is 12.1 Å². The zero-order valence-electron chi connectivity index (χ0n) is 8.88. The molecule has 0 bridgehead atoms. The highest BCUT2D eigenvalue weighted by Crippen LogP contribution is 2.35. The monoisotopic (exact) mass is 287 g/mol. The van der Waals surface area contributed by atoms with Gasteiger partial charge in [0.05, 0.1) is 22.2 Å². The molecule has 0 aliphatic carbocycles. The second kappa shape index (κ2) is 5.13. The highest BCUT2D eigenvalue weighted by atomic mass is 35.5. The average molecular weight is 289 g/mol. The van der Waals surface area contributed by atoms with Gasteiger partial charge in [-0.15, -0.1) is 0 Å². The minimum atomic E-state index is 0.360. The normalized spacial score (nSPS) is 10.4. The molecule has 88 valence electrons. The Morgan fingerprint density at radius 3 is 2.12 bits per heavy atom. The Morgan fingerprint density at radius 2 is 1.65 bits per heavy atom. The minimum absolute atomic E-state index is 0.360. The summed E-state index contributed by atoms with van der Waals surface area (Å²) in [6, 6.07) is 7.14. The van der Waals surface area contributed by atoms with Crippen molar-refractivity contribution in [3.8, 4) is 17.0 Å². The maximum atomic E-state index is 5.97. The van der Waals surface area contributed by atoms with E-state index in [-0.39, 0.29) is 0 Å². The van der Waals surface area contributed by atoms with Crippen molar-refractivity contribution in [1.29, 1.82) is 0 Å². The molecule has 1 aromatic heterocycles. The second-order valence-electron chi connectivity index (χ2n) is 3.34. The van der Waals surface area contributed by atoms with Crippen molar-refractivity contribution >= 4 is 34.8 Å². The summed E-state index contributed by atoms with van der Waals surface area (Å²) in [4.78, 5) is 4.11. The Labute approximate surface area is 114 Å². The molecule has 0 N–H and O–H groups in total. The van der Waals surface area contributed by atoms with E-state index in [1.54, 1.807) is 31.5 Å². The van der Waals surface area contributed by atoms with Crippen molar-refractivity contribution in [2.45, 2.75) is 0 Å². The lowest BCUT2D eigenvalue weighted by atomic mass is 10.1. The zero-order valence-corrected chi connectivity index (χ0v) is 11.1. The van der Waals surface area contributed by atoms with Crippen molar-refractivity contribution < 1.29 is 4.74 Å². The molecule has 0 fully saturated rings. The Balaban J connectivity index is 2.45. The van der Waals surface area contributed by atoms with E-state index < -0.39 is 0 Å². The van der Waals surface area contributed by atoms with Crippen LogP contribution in [0.2, 0.25) is 15.1 Å². The van der Waals surface area contributed by atoms with Gasteiger partial charge in [0, 0.05) is 17.8 Å². The molecule has 2 nitrogen and oxygen atoms in total. The first-order valence-corrected chi connectivity index (χ1v) is 5.90. The summed E-state index contributed by atoms with van der Waals surface area (Å²) in [6.07, 6.45) is 1.69. The average Bonchev–Trinajstić information content (AvgIpc) is 2.35. The molecule has 0 amide bonds. The Kier molecular flexibility index (Phi) is 3.77. The van der Waals surface area contributed by atoms with Gasteiger partial charge in [0.15, 0.2) is 0 Å². The van der Waals surface area contributed by atoms with Crippen molar-refractivity contribution in [2.75, 3.05) is 7.11 Å². The van der Waals surface area contributed by atoms with Gasteiger partial charge in [0.1, 0.15) is 0 Å². The zero-order chi connectivity index (χ0) is 12.4. The van der Waals surface area contributed by atoms with E-state index in [0.29, 0.717) is 20.9 Å². The SMILES string of the molecule is COc1ccc(-c2cc(Cl)c(Cl)c(Cl)c2)cn1. The van der Waals surface area contributed by atoms with Crippen molar-refractivity contribution in [3.05, 3.63) is 45.5 Å². The van der Waals surface area contributed by atoms with E-state index in [2.05, 4.69) is 4.98 Å². The number of aromatic nitrogens is 1. The fourth-order valence-corrected chi connectivity index (χ4v) is 1.99. The van der Waals surface area contributed by atoms with E-state index in [1.807, 2.05) is 6.07 Å². The van der Waals surface area contributed by atoms with Crippen molar-refractivity contribution in [2.24, 2.45) is 0 Å². The van der Waals surface area contributed by atoms with Crippen LogP contribution < -0.4 is 4.74 Å². The van der Waals surface area contributed by atoms with E-state index in [0.717, 1.165) is 11.1 Å². The van der Waals surface area contributed by atoms with Gasteiger partial charge in [0.2, 0.25) is 5.88 Å². The van der Waals surface area contributed by atoms with Crippen LogP contribution in [0.15, 0.2) is 30.5 Å². The number of ether oxygens (including phenoxy) is 1. The maximum absolute atomic E-state index is 5.97. The van der Waals surface area contributed by atoms with Crippen LogP contribution in [0.3, 0.4) is 0 Å². The number of hydrogen-bond acceptors (Lipinski definition) is 2. The van der Waals surface area contributed by atoms with Crippen LogP contribution in [-0.2, 0) is 0 Å². The van der Waals surface area contributed by atoms with Crippen LogP contribution in [0, 0.1) is 0 Å². The van der Waals surface area contributed by atoms with Crippen LogP contribution in [0.1, 0.15) is 0 Å². The summed E-state index contributed by atoms with van der Waals surface area (Å²) in [5.41, 5.74) is 1.76. The summed E-state index contributed by atoms with van der Waals surface area (Å²) in [7, 11) is 1.57. The van der Waals surface area contributed by atoms with Gasteiger partial charge in [-0.1, -0.05) is 34.8 Å². The predicted octanol–water partition coefficient (Wildman–Crippen LogP) is 4.72. The molecule has 0 unspecified atom stereocenters. The molecule has 0 saturated carbocycles. The smallest absolute Gasteiger partial charge is 0.212 e. The quantitative estimate of drug-likeness (QED) is 0.746. The van der Waals surface area contributed by atoms with Gasteiger partial charge in [-0.05, 0) is 23.8 Å². The van der Waals surface area contributed by atoms with Crippen LogP contribution >= 0.6 is 34.8 Å². The third kappa shape index (κ3) is 2.65. The number of methoxy groups -OCH3 is 1. The van der Waals surface area contributed by atoms with Crippen LogP contribution in [0.4, 0.5) is 0 Å². The topological polar surface area (TPSA) is 22.1 Å². The molecule has 17 heavy (non-hydrogen) atoms. The van der Waals surface area contributed by atoms with E-state index in [4.69, 9.17) is 39.5 Å². The standard InChI is InChI=1S/C12H8Cl3NO/c1-17-11-3-2-7(6-16-11)8-4-9(13)12(15)10(14)5-8/h2-6H,1H3. The van der Waals surface area contributed by atoms with E-state index in [1.165, 1.54) is 0 Å². The van der Waals surface area contributed by atoms with E-state index in [9.17, 15) is 0 Å². The summed E-state index contributed by atoms with van der Waals surface area (Å²) in [5, 5.41) is 1.20. The fraction of sp³-hybridized carbons (Fsp3) is 0.0833. The maximum Gasteiger partial charge on any atom is 0.212 e. The first-order chi connectivity index (χ1) is 8.11. The fourth-order valence-electron chi connectivity index (χ4n) is 1.39. The van der Waals surface area contributed by atoms with Gasteiger partial charge in [-0.3, -0.25) is 0 Å². The molecule has 1 aromatic carbocycles. The molecule has 0 spiro atoms. The molecule has 1 heterocycles. The molecule has 2 aromatic rings. The van der Waals surface area contributed by atoms with Gasteiger partial charge in [0.25, 0.3) is 0 Å². The largest absolute Gasteiger partial charge is 0.481 e. The first kappa shape index (κ1) is 12.5. The summed E-state index contributed by atoms with van der Waals surface area (Å²) < 4.78 is 4.99. The number of pyridine rings is 1. The molecule has 0 aliphatic rings. The number of hydrogen-bond donors (Lipinski definition) is 0. The van der Waals surface area contributed by atoms with Gasteiger partial charge in [-0.25, -0.2) is 4.98 Å². The van der Waals surface area contributed by atoms with Gasteiger partial charge in [-0.2, -0.15) is 0 Å². The Hall–Kier alpha value is -0.960. The molecule has 0 saturated heterocycles. The number of rotatable bonds is 2. The number of halogens is 3. The molecule has 0 atom stereocenters. The van der Waals surface area contributed by atoms with Crippen molar-refractivity contribution in [3.63, 3.8) is 0 Å². The molecular formula is C12H8Cl3NO. The number of benzene rings is 1. The van der Waals surface area contributed by atoms with E-state index >= 15 is 0 Å². The molecule has 5 heteroatoms. The molecule has 0 radical (unpaired) electrons. The summed E-state index contributed by atoms with van der Waals surface area (Å²) in [5.74, 6) is 0.555. The van der Waals surface area contributed by atoms with Crippen LogP contribution in [0.25, 0.3) is 11.1 Å². The summed E-state index contributed by atoms with van der Waals surface area (Å²) in [6.45, 7) is 0. The molecule has 0 aliphatic heterocycles. The lowest BCUT2D eigenvalue weighted by molar-refractivity contribution is 0.398. The predicted molar refractivity (Wildman–Crippen MR) is 71.3 cm³/mol. The highest BCUT2D eigenvalue weighted by molar-refractivity contribution is 6.48. The summed E-state index contributed by atoms with van der Waals surface area (Å²) >= 11 is 17.8. The lowest BCUT2D eigenvalue weighted by Crippen LogP contribution is -1.87. The van der Waals surface area contributed by atoms with Gasteiger partial charge < -0.3 is 4.74 Å². The lowest BCUT2D eigenvalue weighted by Gasteiger charge is -2.06. The number of nitrogens with zero attached hydrogens (tertiary/aromatic N) is 1. The molecular weight excluding hydrogens is 280 g/mol. The molecule has 2 rings (SSSR count). The second-order valence-corrected chi connectivity index (χ2v) is 4.54.